The van der Waals surface area contributed by atoms with Crippen molar-refractivity contribution in [1.29, 1.82) is 0 Å². The molecular weight excluding hydrogens is 346 g/mol. The fourth-order valence-electron chi connectivity index (χ4n) is 6.67. The molecule has 3 rings (SSSR count). The van der Waals surface area contributed by atoms with Crippen molar-refractivity contribution in [1.82, 2.24) is 4.90 Å². The van der Waals surface area contributed by atoms with Gasteiger partial charge in [-0.25, -0.2) is 0 Å². The van der Waals surface area contributed by atoms with Crippen LogP contribution in [0, 0.1) is 29.1 Å². The summed E-state index contributed by atoms with van der Waals surface area (Å²) in [5, 5.41) is 0. The smallest absolute Gasteiger partial charge is 0.120 e. The first-order valence-corrected chi connectivity index (χ1v) is 11.9. The number of ether oxygens (including phenoxy) is 1. The van der Waals surface area contributed by atoms with E-state index in [1.54, 1.807) is 5.57 Å². The van der Waals surface area contributed by atoms with Crippen molar-refractivity contribution in [3.8, 4) is 0 Å². The summed E-state index contributed by atoms with van der Waals surface area (Å²) in [4.78, 5) is 13.2. The number of rotatable bonds is 9. The molecule has 3 unspecified atom stereocenters. The Morgan fingerprint density at radius 1 is 1.21 bits per heavy atom. The van der Waals surface area contributed by atoms with Gasteiger partial charge in [-0.15, -0.1) is 0 Å². The van der Waals surface area contributed by atoms with E-state index in [2.05, 4.69) is 38.9 Å². The van der Waals surface area contributed by atoms with E-state index in [1.165, 1.54) is 44.9 Å². The molecule has 0 heterocycles. The van der Waals surface area contributed by atoms with Gasteiger partial charge in [-0.3, -0.25) is 0 Å². The van der Waals surface area contributed by atoms with Gasteiger partial charge in [0.05, 0.1) is 6.10 Å². The van der Waals surface area contributed by atoms with Crippen LogP contribution in [-0.4, -0.2) is 44.5 Å². The molecule has 3 nitrogen and oxygen atoms in total. The molecule has 0 N–H and O–H groups in total. The van der Waals surface area contributed by atoms with Crippen molar-refractivity contribution in [2.45, 2.75) is 84.2 Å². The number of carbonyl (C=O) groups is 1. The third-order valence-corrected chi connectivity index (χ3v) is 8.31. The largest absolute Gasteiger partial charge is 0.374 e. The van der Waals surface area contributed by atoms with Crippen LogP contribution in [0.3, 0.4) is 0 Å². The van der Waals surface area contributed by atoms with Crippen LogP contribution in [0.5, 0.6) is 0 Å². The zero-order chi connectivity index (χ0) is 20.1. The number of fused-ring (bicyclic) bond motifs is 3. The minimum Gasteiger partial charge on any atom is -0.374 e. The molecule has 3 aliphatic rings. The number of allylic oxidation sites excluding steroid dienone is 1. The Morgan fingerprint density at radius 2 is 2.04 bits per heavy atom. The Bertz CT molecular complexity index is 543. The summed E-state index contributed by atoms with van der Waals surface area (Å²) in [6.07, 6.45) is 16.0. The number of aldehydes is 1. The lowest BCUT2D eigenvalue weighted by Crippen LogP contribution is -2.48. The van der Waals surface area contributed by atoms with Crippen molar-refractivity contribution < 1.29 is 9.53 Å². The summed E-state index contributed by atoms with van der Waals surface area (Å²) < 4.78 is 6.25. The van der Waals surface area contributed by atoms with Crippen molar-refractivity contribution in [2.24, 2.45) is 29.1 Å². The Hall–Kier alpha value is -0.670. The van der Waals surface area contributed by atoms with E-state index in [0.29, 0.717) is 11.5 Å². The highest BCUT2D eigenvalue weighted by Crippen LogP contribution is 2.60. The van der Waals surface area contributed by atoms with Gasteiger partial charge in [0.25, 0.3) is 0 Å². The van der Waals surface area contributed by atoms with E-state index in [0.717, 1.165) is 62.4 Å². The number of carbonyl (C=O) groups excluding carboxylic acids is 1. The van der Waals surface area contributed by atoms with Crippen LogP contribution in [0.2, 0.25) is 0 Å². The molecule has 3 aliphatic carbocycles. The van der Waals surface area contributed by atoms with Gasteiger partial charge in [0.15, 0.2) is 0 Å². The highest BCUT2D eigenvalue weighted by Gasteiger charge is 2.51. The van der Waals surface area contributed by atoms with Crippen molar-refractivity contribution in [2.75, 3.05) is 27.2 Å². The first-order valence-electron chi connectivity index (χ1n) is 11.9. The summed E-state index contributed by atoms with van der Waals surface area (Å²) in [5.74, 6) is 3.20. The van der Waals surface area contributed by atoms with Crippen LogP contribution in [0.25, 0.3) is 0 Å². The minimum absolute atomic E-state index is 0.340. The van der Waals surface area contributed by atoms with E-state index in [9.17, 15) is 4.79 Å². The minimum atomic E-state index is 0.340. The molecule has 0 aromatic rings. The van der Waals surface area contributed by atoms with Crippen LogP contribution in [0.1, 0.15) is 78.1 Å². The van der Waals surface area contributed by atoms with Crippen LogP contribution < -0.4 is 0 Å². The standard InChI is InChI=1S/C25H43NO2/c1-19-9-12-24-23(22(19)8-7-16-27)11-10-20-18-21(13-14-25(20,24)2)28-17-6-5-15-26(3)4/h16,18-19,21-24H,5-15,17H2,1-4H3/t19-,21+,22?,23?,24?,25+/m1/s1. The first-order chi connectivity index (χ1) is 13.5. The maximum Gasteiger partial charge on any atom is 0.120 e. The normalized spacial score (nSPS) is 37.9. The maximum atomic E-state index is 11.0. The molecule has 0 aliphatic heterocycles. The second kappa shape index (κ2) is 9.89. The molecular formula is C25H43NO2. The van der Waals surface area contributed by atoms with Crippen molar-refractivity contribution >= 4 is 6.29 Å². The van der Waals surface area contributed by atoms with Gasteiger partial charge >= 0.3 is 0 Å². The molecule has 2 saturated carbocycles. The average molecular weight is 390 g/mol. The van der Waals surface area contributed by atoms with Crippen LogP contribution in [0.4, 0.5) is 0 Å². The fourth-order valence-corrected chi connectivity index (χ4v) is 6.67. The Balaban J connectivity index is 1.60. The van der Waals surface area contributed by atoms with Gasteiger partial charge in [0.1, 0.15) is 6.29 Å². The second-order valence-electron chi connectivity index (χ2n) is 10.3. The summed E-state index contributed by atoms with van der Waals surface area (Å²) in [6, 6.07) is 0. The molecule has 0 bridgehead atoms. The molecule has 0 radical (unpaired) electrons. The zero-order valence-corrected chi connectivity index (χ0v) is 18.8. The molecule has 0 spiro atoms. The van der Waals surface area contributed by atoms with Crippen LogP contribution >= 0.6 is 0 Å². The number of nitrogens with zero attached hydrogens (tertiary/aromatic N) is 1. The van der Waals surface area contributed by atoms with Gasteiger partial charge in [-0.1, -0.05) is 31.9 Å². The molecule has 6 atom stereocenters. The van der Waals surface area contributed by atoms with E-state index < -0.39 is 0 Å². The summed E-state index contributed by atoms with van der Waals surface area (Å²) in [6.45, 7) is 7.03. The molecule has 0 aromatic heterocycles. The average Bonchev–Trinajstić information content (AvgIpc) is 2.66. The zero-order valence-electron chi connectivity index (χ0n) is 18.8. The summed E-state index contributed by atoms with van der Waals surface area (Å²) in [5.41, 5.74) is 2.08. The molecule has 0 saturated heterocycles. The highest BCUT2D eigenvalue weighted by atomic mass is 16.5. The van der Waals surface area contributed by atoms with Crippen molar-refractivity contribution in [3.63, 3.8) is 0 Å². The third-order valence-electron chi connectivity index (χ3n) is 8.31. The van der Waals surface area contributed by atoms with E-state index in [4.69, 9.17) is 4.74 Å². The van der Waals surface area contributed by atoms with E-state index in [1.807, 2.05) is 0 Å². The lowest BCUT2D eigenvalue weighted by molar-refractivity contribution is -0.108. The van der Waals surface area contributed by atoms with E-state index >= 15 is 0 Å². The number of unbranched alkanes of at least 4 members (excludes halogenated alkanes) is 1. The lowest BCUT2D eigenvalue weighted by atomic mass is 9.49. The van der Waals surface area contributed by atoms with Gasteiger partial charge in [0.2, 0.25) is 0 Å². The lowest BCUT2D eigenvalue weighted by Gasteiger charge is -2.56. The Labute approximate surface area is 173 Å². The third kappa shape index (κ3) is 4.90. The maximum absolute atomic E-state index is 11.0. The van der Waals surface area contributed by atoms with Crippen LogP contribution in [-0.2, 0) is 9.53 Å². The molecule has 3 heteroatoms. The predicted molar refractivity (Wildman–Crippen MR) is 116 cm³/mol. The SMILES string of the molecule is C[C@@H]1CCC2C(CCC3=C[C@@H](OCCCCN(C)C)CC[C@@]32C)C1CCC=O. The highest BCUT2D eigenvalue weighted by molar-refractivity contribution is 5.49. The predicted octanol–water partition coefficient (Wildman–Crippen LogP) is 5.49. The number of hydrogen-bond acceptors (Lipinski definition) is 3. The summed E-state index contributed by atoms with van der Waals surface area (Å²) in [7, 11) is 4.28. The summed E-state index contributed by atoms with van der Waals surface area (Å²) >= 11 is 0. The van der Waals surface area contributed by atoms with Gasteiger partial charge in [-0.05, 0) is 101 Å². The second-order valence-corrected chi connectivity index (χ2v) is 10.3. The van der Waals surface area contributed by atoms with E-state index in [-0.39, 0.29) is 0 Å². The quantitative estimate of drug-likeness (QED) is 0.297. The first kappa shape index (κ1) is 22.0. The van der Waals surface area contributed by atoms with Gasteiger partial charge < -0.3 is 14.4 Å². The molecule has 160 valence electrons. The topological polar surface area (TPSA) is 29.5 Å². The Kier molecular flexibility index (Phi) is 7.78. The molecule has 2 fully saturated rings. The monoisotopic (exact) mass is 389 g/mol. The Morgan fingerprint density at radius 3 is 2.79 bits per heavy atom. The molecule has 0 aromatic carbocycles. The molecule has 0 amide bonds. The van der Waals surface area contributed by atoms with Gasteiger partial charge in [-0.2, -0.15) is 0 Å². The van der Waals surface area contributed by atoms with Crippen LogP contribution in [0.15, 0.2) is 11.6 Å². The molecule has 28 heavy (non-hydrogen) atoms. The fraction of sp³-hybridized carbons (Fsp3) is 0.880. The van der Waals surface area contributed by atoms with Gasteiger partial charge in [0, 0.05) is 13.0 Å². The van der Waals surface area contributed by atoms with Crippen molar-refractivity contribution in [3.05, 3.63) is 11.6 Å². The number of hydrogen-bond donors (Lipinski definition) is 0.